The minimum atomic E-state index is -0.216. The molecule has 2 aromatic heterocycles. The van der Waals surface area contributed by atoms with Crippen molar-refractivity contribution in [3.63, 3.8) is 0 Å². The lowest BCUT2D eigenvalue weighted by molar-refractivity contribution is 0.571. The second-order valence-corrected chi connectivity index (χ2v) is 12.9. The molecule has 2 aromatic carbocycles. The molecular weight excluding hydrogens is 577 g/mol. The topological polar surface area (TPSA) is 98.1 Å². The fraction of sp³-hybridized carbons (Fsp3) is 0.273. The number of pyridine rings is 2. The fourth-order valence-electron chi connectivity index (χ4n) is 5.66. The third-order valence-corrected chi connectivity index (χ3v) is 10.6. The molecule has 216 valence electrons. The fourth-order valence-corrected chi connectivity index (χ4v) is 7.96. The molecule has 0 radical (unpaired) electrons. The van der Waals surface area contributed by atoms with Gasteiger partial charge in [-0.1, -0.05) is 58.9 Å². The average molecular weight is 607 g/mol. The molecule has 0 saturated heterocycles. The summed E-state index contributed by atoms with van der Waals surface area (Å²) >= 11 is 2.94. The van der Waals surface area contributed by atoms with Gasteiger partial charge in [-0.3, -0.25) is 18.7 Å². The molecule has 8 nitrogen and oxygen atoms in total. The van der Waals surface area contributed by atoms with Gasteiger partial charge in [0.15, 0.2) is 0 Å². The van der Waals surface area contributed by atoms with E-state index in [9.17, 15) is 20.1 Å². The van der Waals surface area contributed by atoms with Crippen molar-refractivity contribution in [2.45, 2.75) is 57.5 Å². The molecular formula is C33H30N6O2S2. The molecule has 0 bridgehead atoms. The van der Waals surface area contributed by atoms with Gasteiger partial charge in [0.2, 0.25) is 0 Å². The third kappa shape index (κ3) is 5.01. The molecule has 0 fully saturated rings. The first-order valence-corrected chi connectivity index (χ1v) is 15.9. The van der Waals surface area contributed by atoms with Crippen LogP contribution >= 0.6 is 23.5 Å². The Kier molecular flexibility index (Phi) is 7.59. The highest BCUT2D eigenvalue weighted by Crippen LogP contribution is 2.35. The van der Waals surface area contributed by atoms with E-state index in [1.807, 2.05) is 62.4 Å². The van der Waals surface area contributed by atoms with Gasteiger partial charge in [-0.15, -0.1) is 0 Å². The highest BCUT2D eigenvalue weighted by molar-refractivity contribution is 7.99. The molecule has 43 heavy (non-hydrogen) atoms. The molecule has 0 saturated carbocycles. The molecule has 2 aliphatic heterocycles. The van der Waals surface area contributed by atoms with Crippen LogP contribution in [0, 0.1) is 50.4 Å². The highest BCUT2D eigenvalue weighted by Gasteiger charge is 2.29. The van der Waals surface area contributed by atoms with Gasteiger partial charge in [-0.2, -0.15) is 10.5 Å². The summed E-state index contributed by atoms with van der Waals surface area (Å²) in [6.45, 7) is 8.25. The second kappa shape index (κ2) is 11.4. The van der Waals surface area contributed by atoms with Gasteiger partial charge in [-0.05, 0) is 63.1 Å². The van der Waals surface area contributed by atoms with Gasteiger partial charge >= 0.3 is 0 Å². The molecule has 0 amide bonds. The Labute approximate surface area is 258 Å². The maximum absolute atomic E-state index is 14.1. The number of nitriles is 2. The summed E-state index contributed by atoms with van der Waals surface area (Å²) in [7, 11) is 0. The van der Waals surface area contributed by atoms with Gasteiger partial charge < -0.3 is 9.80 Å². The standard InChI is InChI=1S/C33H30N6O2S2/c1-20-5-9-24(10-6-20)36-16-38-30(40)26(22(3)28(14-34)32(38)42-18-36)13-27-23(4)29(15-35)33-39(31(27)41)17-37(19-43-33)25-11-7-21(2)8-12-25/h5-12H,13,16-19H2,1-4H3. The van der Waals surface area contributed by atoms with Crippen LogP contribution in [0.15, 0.2) is 68.2 Å². The normalized spacial score (nSPS) is 14.1. The molecule has 0 spiro atoms. The van der Waals surface area contributed by atoms with Crippen LogP contribution in [-0.2, 0) is 19.8 Å². The van der Waals surface area contributed by atoms with Crippen molar-refractivity contribution in [2.24, 2.45) is 0 Å². The van der Waals surface area contributed by atoms with Crippen LogP contribution in [0.5, 0.6) is 0 Å². The first-order chi connectivity index (χ1) is 20.7. The number of fused-ring (bicyclic) bond motifs is 2. The number of hydrogen-bond donors (Lipinski definition) is 0. The van der Waals surface area contributed by atoms with Gasteiger partial charge in [0.05, 0.1) is 46.3 Å². The summed E-state index contributed by atoms with van der Waals surface area (Å²) in [6.07, 6.45) is 0.0453. The number of nitrogens with zero attached hydrogens (tertiary/aromatic N) is 6. The summed E-state index contributed by atoms with van der Waals surface area (Å²) in [4.78, 5) is 32.4. The minimum Gasteiger partial charge on any atom is -0.344 e. The predicted octanol–water partition coefficient (Wildman–Crippen LogP) is 5.63. The maximum atomic E-state index is 14.1. The van der Waals surface area contributed by atoms with E-state index in [-0.39, 0.29) is 17.5 Å². The summed E-state index contributed by atoms with van der Waals surface area (Å²) < 4.78 is 3.31. The molecule has 10 heteroatoms. The van der Waals surface area contributed by atoms with Crippen molar-refractivity contribution in [3.8, 4) is 12.1 Å². The van der Waals surface area contributed by atoms with Gasteiger partial charge in [0.1, 0.15) is 12.1 Å². The smallest absolute Gasteiger partial charge is 0.256 e. The van der Waals surface area contributed by atoms with Gasteiger partial charge in [0.25, 0.3) is 11.1 Å². The average Bonchev–Trinajstić information content (AvgIpc) is 3.02. The molecule has 0 aliphatic carbocycles. The largest absolute Gasteiger partial charge is 0.344 e. The van der Waals surface area contributed by atoms with Crippen molar-refractivity contribution in [3.05, 3.63) is 114 Å². The van der Waals surface area contributed by atoms with E-state index in [1.54, 1.807) is 23.0 Å². The lowest BCUT2D eigenvalue weighted by atomic mass is 9.95. The molecule has 6 rings (SSSR count). The number of aryl methyl sites for hydroxylation is 2. The van der Waals surface area contributed by atoms with Crippen LogP contribution in [0.4, 0.5) is 11.4 Å². The quantitative estimate of drug-likeness (QED) is 0.295. The molecule has 0 atom stereocenters. The van der Waals surface area contributed by atoms with Crippen molar-refractivity contribution in [1.29, 1.82) is 10.5 Å². The lowest BCUT2D eigenvalue weighted by Crippen LogP contribution is -2.41. The summed E-state index contributed by atoms with van der Waals surface area (Å²) in [5.41, 5.74) is 6.78. The predicted molar refractivity (Wildman–Crippen MR) is 172 cm³/mol. The van der Waals surface area contributed by atoms with Crippen molar-refractivity contribution in [2.75, 3.05) is 21.6 Å². The van der Waals surface area contributed by atoms with E-state index in [1.165, 1.54) is 23.5 Å². The SMILES string of the molecule is Cc1ccc(N2CSc3c(C#N)c(C)c(Cc4c(C)c(C#N)c5n(c4=O)CN(c4ccc(C)cc4)CS5)c(=O)n3C2)cc1. The van der Waals surface area contributed by atoms with E-state index < -0.39 is 0 Å². The van der Waals surface area contributed by atoms with Gasteiger partial charge in [0, 0.05) is 28.9 Å². The Morgan fingerprint density at radius 3 is 1.37 bits per heavy atom. The molecule has 2 aliphatic rings. The summed E-state index contributed by atoms with van der Waals surface area (Å²) in [6, 6.07) is 20.9. The molecule has 4 aromatic rings. The van der Waals surface area contributed by atoms with Crippen molar-refractivity contribution >= 4 is 34.9 Å². The van der Waals surface area contributed by atoms with Crippen LogP contribution < -0.4 is 20.9 Å². The van der Waals surface area contributed by atoms with E-state index in [2.05, 4.69) is 21.9 Å². The minimum absolute atomic E-state index is 0.0453. The molecule has 0 unspecified atom stereocenters. The monoisotopic (exact) mass is 606 g/mol. The van der Waals surface area contributed by atoms with Crippen molar-refractivity contribution in [1.82, 2.24) is 9.13 Å². The third-order valence-electron chi connectivity index (χ3n) is 8.29. The van der Waals surface area contributed by atoms with Crippen LogP contribution in [-0.4, -0.2) is 20.9 Å². The molecule has 4 heterocycles. The number of hydrogen-bond acceptors (Lipinski definition) is 8. The van der Waals surface area contributed by atoms with Gasteiger partial charge in [-0.25, -0.2) is 0 Å². The van der Waals surface area contributed by atoms with Crippen molar-refractivity contribution < 1.29 is 0 Å². The Bertz CT molecular complexity index is 1820. The van der Waals surface area contributed by atoms with Crippen LogP contribution in [0.1, 0.15) is 44.5 Å². The Morgan fingerprint density at radius 1 is 0.651 bits per heavy atom. The molecule has 0 N–H and O–H groups in total. The zero-order chi connectivity index (χ0) is 30.4. The number of benzene rings is 2. The second-order valence-electron chi connectivity index (χ2n) is 11.0. The lowest BCUT2D eigenvalue weighted by Gasteiger charge is -2.33. The Balaban J connectivity index is 1.43. The summed E-state index contributed by atoms with van der Waals surface area (Å²) in [5, 5.41) is 21.6. The number of aromatic nitrogens is 2. The summed E-state index contributed by atoms with van der Waals surface area (Å²) in [5.74, 6) is 1.23. The van der Waals surface area contributed by atoms with Crippen LogP contribution in [0.3, 0.4) is 0 Å². The zero-order valence-corrected chi connectivity index (χ0v) is 26.1. The van der Waals surface area contributed by atoms with E-state index in [4.69, 9.17) is 0 Å². The zero-order valence-electron chi connectivity index (χ0n) is 24.5. The Hall–Kier alpha value is -4.38. The number of thioether (sulfide) groups is 2. The highest BCUT2D eigenvalue weighted by atomic mass is 32.2. The number of rotatable bonds is 4. The first-order valence-electron chi connectivity index (χ1n) is 13.9. The van der Waals surface area contributed by atoms with E-state index >= 15 is 0 Å². The number of anilines is 2. The van der Waals surface area contributed by atoms with Crippen LogP contribution in [0.2, 0.25) is 0 Å². The van der Waals surface area contributed by atoms with E-state index in [0.717, 1.165) is 22.5 Å². The first kappa shape index (κ1) is 28.7. The maximum Gasteiger partial charge on any atom is 0.256 e. The van der Waals surface area contributed by atoms with Crippen LogP contribution in [0.25, 0.3) is 0 Å². The van der Waals surface area contributed by atoms with E-state index in [0.29, 0.717) is 68.5 Å². The Morgan fingerprint density at radius 2 is 1.02 bits per heavy atom.